The predicted octanol–water partition coefficient (Wildman–Crippen LogP) is 4.62. The lowest BCUT2D eigenvalue weighted by Crippen LogP contribution is -2.01. The highest BCUT2D eigenvalue weighted by Crippen LogP contribution is 2.36. The third kappa shape index (κ3) is 5.23. The van der Waals surface area contributed by atoms with E-state index in [9.17, 15) is 4.79 Å². The topological polar surface area (TPSA) is 35.5 Å². The summed E-state index contributed by atoms with van der Waals surface area (Å²) in [5.41, 5.74) is 0.569. The fraction of sp³-hybridized carbons (Fsp3) is 0.533. The van der Waals surface area contributed by atoms with E-state index in [-0.39, 0.29) is 0 Å². The zero-order valence-corrected chi connectivity index (χ0v) is 13.2. The number of aldehydes is 1. The fourth-order valence-corrected chi connectivity index (χ4v) is 2.40. The van der Waals surface area contributed by atoms with Gasteiger partial charge in [-0.1, -0.05) is 32.6 Å². The molecule has 1 aromatic carbocycles. The summed E-state index contributed by atoms with van der Waals surface area (Å²) in [5, 5.41) is 0. The molecular weight excluding hydrogens is 308 g/mol. The molecule has 0 saturated carbocycles. The van der Waals surface area contributed by atoms with Crippen LogP contribution in [0.5, 0.6) is 11.5 Å². The van der Waals surface area contributed by atoms with Crippen LogP contribution in [0.1, 0.15) is 49.4 Å². The molecule has 0 radical (unpaired) electrons. The summed E-state index contributed by atoms with van der Waals surface area (Å²) in [6, 6.07) is 3.42. The largest absolute Gasteiger partial charge is 0.493 e. The first-order valence-corrected chi connectivity index (χ1v) is 7.47. The Hall–Kier alpha value is -1.03. The SMILES string of the molecule is CCCCCCCOc1c(Br)cc(C=O)cc1OC. The Morgan fingerprint density at radius 2 is 1.95 bits per heavy atom. The molecule has 1 aromatic rings. The van der Waals surface area contributed by atoms with E-state index in [4.69, 9.17) is 9.47 Å². The van der Waals surface area contributed by atoms with Crippen LogP contribution in [0, 0.1) is 0 Å². The van der Waals surface area contributed by atoms with E-state index in [0.717, 1.165) is 17.2 Å². The Labute approximate surface area is 123 Å². The molecule has 0 fully saturated rings. The summed E-state index contributed by atoms with van der Waals surface area (Å²) in [7, 11) is 1.57. The van der Waals surface area contributed by atoms with Gasteiger partial charge in [0.15, 0.2) is 11.5 Å². The van der Waals surface area contributed by atoms with Crippen LogP contribution < -0.4 is 9.47 Å². The van der Waals surface area contributed by atoms with Crippen LogP contribution in [-0.4, -0.2) is 20.0 Å². The molecule has 4 heteroatoms. The Morgan fingerprint density at radius 1 is 1.21 bits per heavy atom. The van der Waals surface area contributed by atoms with Gasteiger partial charge in [-0.2, -0.15) is 0 Å². The minimum absolute atomic E-state index is 0.569. The average molecular weight is 329 g/mol. The van der Waals surface area contributed by atoms with Crippen LogP contribution in [0.2, 0.25) is 0 Å². The summed E-state index contributed by atoms with van der Waals surface area (Å²) in [4.78, 5) is 10.8. The van der Waals surface area contributed by atoms with E-state index in [2.05, 4.69) is 22.9 Å². The summed E-state index contributed by atoms with van der Waals surface area (Å²) >= 11 is 3.41. The number of hydrogen-bond acceptors (Lipinski definition) is 3. The third-order valence-electron chi connectivity index (χ3n) is 2.88. The minimum atomic E-state index is 0.569. The highest BCUT2D eigenvalue weighted by molar-refractivity contribution is 9.10. The fourth-order valence-electron chi connectivity index (χ4n) is 1.83. The Balaban J connectivity index is 2.55. The summed E-state index contributed by atoms with van der Waals surface area (Å²) in [6.45, 7) is 2.87. The number of carbonyl (C=O) groups excluding carboxylic acids is 1. The van der Waals surface area contributed by atoms with Crippen LogP contribution in [0.15, 0.2) is 16.6 Å². The molecule has 1 rings (SSSR count). The van der Waals surface area contributed by atoms with E-state index < -0.39 is 0 Å². The molecule has 0 amide bonds. The van der Waals surface area contributed by atoms with Gasteiger partial charge >= 0.3 is 0 Å². The molecule has 3 nitrogen and oxygen atoms in total. The van der Waals surface area contributed by atoms with Crippen LogP contribution in [-0.2, 0) is 0 Å². The first-order chi connectivity index (χ1) is 9.22. The van der Waals surface area contributed by atoms with Gasteiger partial charge in [0, 0.05) is 5.56 Å². The molecule has 0 saturated heterocycles. The molecule has 0 spiro atoms. The predicted molar refractivity (Wildman–Crippen MR) is 80.3 cm³/mol. The second-order valence-electron chi connectivity index (χ2n) is 4.41. The molecule has 0 atom stereocenters. The first kappa shape index (κ1) is 16.0. The number of carbonyl (C=O) groups is 1. The molecule has 19 heavy (non-hydrogen) atoms. The molecule has 106 valence electrons. The lowest BCUT2D eigenvalue weighted by Gasteiger charge is -2.13. The van der Waals surface area contributed by atoms with Gasteiger partial charge in [-0.05, 0) is 34.5 Å². The van der Waals surface area contributed by atoms with Crippen LogP contribution in [0.4, 0.5) is 0 Å². The number of methoxy groups -OCH3 is 1. The number of rotatable bonds is 9. The Bertz CT molecular complexity index is 405. The van der Waals surface area contributed by atoms with Gasteiger partial charge in [-0.25, -0.2) is 0 Å². The van der Waals surface area contributed by atoms with E-state index in [0.29, 0.717) is 23.7 Å². The number of unbranched alkanes of at least 4 members (excludes halogenated alkanes) is 4. The van der Waals surface area contributed by atoms with Crippen LogP contribution in [0.25, 0.3) is 0 Å². The van der Waals surface area contributed by atoms with Crippen molar-refractivity contribution in [3.63, 3.8) is 0 Å². The molecule has 0 aliphatic heterocycles. The van der Waals surface area contributed by atoms with Gasteiger partial charge < -0.3 is 9.47 Å². The Morgan fingerprint density at radius 3 is 2.58 bits per heavy atom. The summed E-state index contributed by atoms with van der Waals surface area (Å²) in [5.74, 6) is 1.26. The maximum absolute atomic E-state index is 10.8. The van der Waals surface area contributed by atoms with Crippen molar-refractivity contribution in [3.8, 4) is 11.5 Å². The zero-order valence-electron chi connectivity index (χ0n) is 11.6. The highest BCUT2D eigenvalue weighted by Gasteiger charge is 2.11. The van der Waals surface area contributed by atoms with E-state index in [1.165, 1.54) is 25.7 Å². The van der Waals surface area contributed by atoms with Crippen molar-refractivity contribution in [2.24, 2.45) is 0 Å². The smallest absolute Gasteiger partial charge is 0.175 e. The zero-order chi connectivity index (χ0) is 14.1. The molecule has 0 aliphatic rings. The van der Waals surface area contributed by atoms with Gasteiger partial charge in [0.25, 0.3) is 0 Å². The van der Waals surface area contributed by atoms with Crippen LogP contribution >= 0.6 is 15.9 Å². The second kappa shape index (κ2) is 8.97. The second-order valence-corrected chi connectivity index (χ2v) is 5.27. The molecule has 0 aliphatic carbocycles. The van der Waals surface area contributed by atoms with Crippen molar-refractivity contribution >= 4 is 22.2 Å². The lowest BCUT2D eigenvalue weighted by atomic mass is 10.2. The first-order valence-electron chi connectivity index (χ1n) is 6.68. The molecular formula is C15H21BrO3. The number of hydrogen-bond donors (Lipinski definition) is 0. The molecule has 0 unspecified atom stereocenters. The van der Waals surface area contributed by atoms with Crippen molar-refractivity contribution in [3.05, 3.63) is 22.2 Å². The molecule has 0 bridgehead atoms. The van der Waals surface area contributed by atoms with E-state index >= 15 is 0 Å². The average Bonchev–Trinajstić information content (AvgIpc) is 2.43. The summed E-state index contributed by atoms with van der Waals surface area (Å²) in [6.07, 6.45) is 6.78. The highest BCUT2D eigenvalue weighted by atomic mass is 79.9. The third-order valence-corrected chi connectivity index (χ3v) is 3.47. The number of ether oxygens (including phenoxy) is 2. The normalized spacial score (nSPS) is 10.3. The lowest BCUT2D eigenvalue weighted by molar-refractivity contribution is 0.112. The van der Waals surface area contributed by atoms with E-state index in [1.54, 1.807) is 19.2 Å². The van der Waals surface area contributed by atoms with Crippen molar-refractivity contribution in [2.45, 2.75) is 39.0 Å². The van der Waals surface area contributed by atoms with Gasteiger partial charge in [-0.3, -0.25) is 4.79 Å². The van der Waals surface area contributed by atoms with Gasteiger partial charge in [0.05, 0.1) is 18.2 Å². The maximum Gasteiger partial charge on any atom is 0.175 e. The van der Waals surface area contributed by atoms with Gasteiger partial charge in [0.2, 0.25) is 0 Å². The van der Waals surface area contributed by atoms with Crippen molar-refractivity contribution in [2.75, 3.05) is 13.7 Å². The van der Waals surface area contributed by atoms with Gasteiger partial charge in [0.1, 0.15) is 6.29 Å². The monoisotopic (exact) mass is 328 g/mol. The quantitative estimate of drug-likeness (QED) is 0.490. The van der Waals surface area contributed by atoms with Crippen LogP contribution in [0.3, 0.4) is 0 Å². The van der Waals surface area contributed by atoms with Crippen molar-refractivity contribution in [1.82, 2.24) is 0 Å². The summed E-state index contributed by atoms with van der Waals surface area (Å²) < 4.78 is 11.8. The molecule has 0 N–H and O–H groups in total. The number of halogens is 1. The standard InChI is InChI=1S/C15H21BrO3/c1-3-4-5-6-7-8-19-15-13(16)9-12(11-17)10-14(15)18-2/h9-11H,3-8H2,1-2H3. The number of benzene rings is 1. The maximum atomic E-state index is 10.8. The molecule has 0 heterocycles. The van der Waals surface area contributed by atoms with Gasteiger partial charge in [-0.15, -0.1) is 0 Å². The minimum Gasteiger partial charge on any atom is -0.493 e. The molecule has 0 aromatic heterocycles. The van der Waals surface area contributed by atoms with E-state index in [1.807, 2.05) is 0 Å². The Kier molecular flexibility index (Phi) is 7.56. The van der Waals surface area contributed by atoms with Crippen molar-refractivity contribution in [1.29, 1.82) is 0 Å². The van der Waals surface area contributed by atoms with Crippen molar-refractivity contribution < 1.29 is 14.3 Å².